The number of rotatable bonds is 4. The molecule has 1 saturated carbocycles. The molecule has 6 heteroatoms. The fourth-order valence-corrected chi connectivity index (χ4v) is 2.42. The van der Waals surface area contributed by atoms with Gasteiger partial charge in [0.15, 0.2) is 0 Å². The lowest BCUT2D eigenvalue weighted by molar-refractivity contribution is -0.127. The summed E-state index contributed by atoms with van der Waals surface area (Å²) in [6, 6.07) is -0.288. The fraction of sp³-hybridized carbons (Fsp3) is 0.692. The Bertz CT molecular complexity index is 432. The Morgan fingerprint density at radius 3 is 3.05 bits per heavy atom. The Balaban J connectivity index is 1.81. The van der Waals surface area contributed by atoms with Crippen LogP contribution in [-0.2, 0) is 17.9 Å². The Hall–Kier alpha value is -1.40. The van der Waals surface area contributed by atoms with Crippen LogP contribution in [-0.4, -0.2) is 32.7 Å². The number of hydrogen-bond donors (Lipinski definition) is 3. The molecule has 4 N–H and O–H groups in total. The minimum absolute atomic E-state index is 0.00778. The van der Waals surface area contributed by atoms with Crippen molar-refractivity contribution in [2.45, 2.75) is 51.4 Å². The molecule has 6 nitrogen and oxygen atoms in total. The molecule has 2 rings (SSSR count). The molecule has 0 aromatic carbocycles. The summed E-state index contributed by atoms with van der Waals surface area (Å²) in [6.45, 7) is 3.36. The number of aryl methyl sites for hydroxylation is 1. The first-order valence-electron chi connectivity index (χ1n) is 6.82. The second kappa shape index (κ2) is 6.16. The zero-order chi connectivity index (χ0) is 13.8. The van der Waals surface area contributed by atoms with Gasteiger partial charge in [0.25, 0.3) is 0 Å². The third kappa shape index (κ3) is 3.54. The first kappa shape index (κ1) is 14.0. The van der Waals surface area contributed by atoms with Crippen molar-refractivity contribution in [2.24, 2.45) is 11.7 Å². The normalized spacial score (nSPS) is 27.2. The predicted octanol–water partition coefficient (Wildman–Crippen LogP) is 0.00750. The third-order valence-corrected chi connectivity index (χ3v) is 3.73. The highest BCUT2D eigenvalue weighted by atomic mass is 16.3. The maximum atomic E-state index is 12.0. The van der Waals surface area contributed by atoms with E-state index >= 15 is 0 Å². The van der Waals surface area contributed by atoms with E-state index < -0.39 is 6.10 Å². The molecule has 1 aliphatic carbocycles. The Kier molecular flexibility index (Phi) is 4.55. The average molecular weight is 266 g/mol. The molecule has 0 spiro atoms. The third-order valence-electron chi connectivity index (χ3n) is 3.73. The van der Waals surface area contributed by atoms with E-state index in [2.05, 4.69) is 10.3 Å². The SMILES string of the molecule is CCn1cnc(CNC(=O)[C@H]2CC[C@@H](O)[C@H](N)C2)c1. The molecule has 0 saturated heterocycles. The van der Waals surface area contributed by atoms with Gasteiger partial charge in [0.2, 0.25) is 5.91 Å². The number of nitrogens with two attached hydrogens (primary N) is 1. The van der Waals surface area contributed by atoms with Crippen molar-refractivity contribution in [3.63, 3.8) is 0 Å². The summed E-state index contributed by atoms with van der Waals surface area (Å²) < 4.78 is 1.97. The Morgan fingerprint density at radius 2 is 2.42 bits per heavy atom. The summed E-state index contributed by atoms with van der Waals surface area (Å²) in [7, 11) is 0. The number of hydrogen-bond acceptors (Lipinski definition) is 4. The van der Waals surface area contributed by atoms with Gasteiger partial charge in [0, 0.05) is 24.7 Å². The lowest BCUT2D eigenvalue weighted by Gasteiger charge is -2.29. The number of amides is 1. The molecule has 0 aliphatic heterocycles. The second-order valence-electron chi connectivity index (χ2n) is 5.15. The summed E-state index contributed by atoms with van der Waals surface area (Å²) >= 11 is 0. The van der Waals surface area contributed by atoms with Gasteiger partial charge < -0.3 is 20.7 Å². The number of nitrogens with one attached hydrogen (secondary N) is 1. The van der Waals surface area contributed by atoms with Gasteiger partial charge in [-0.05, 0) is 26.2 Å². The van der Waals surface area contributed by atoms with E-state index in [1.807, 2.05) is 17.7 Å². The summed E-state index contributed by atoms with van der Waals surface area (Å²) in [4.78, 5) is 16.2. The van der Waals surface area contributed by atoms with E-state index in [0.29, 0.717) is 25.8 Å². The van der Waals surface area contributed by atoms with Crippen molar-refractivity contribution in [3.05, 3.63) is 18.2 Å². The zero-order valence-corrected chi connectivity index (χ0v) is 11.2. The van der Waals surface area contributed by atoms with Crippen LogP contribution in [0.1, 0.15) is 31.9 Å². The van der Waals surface area contributed by atoms with E-state index in [0.717, 1.165) is 12.2 Å². The Labute approximate surface area is 113 Å². The number of carbonyl (C=O) groups is 1. The van der Waals surface area contributed by atoms with E-state index in [-0.39, 0.29) is 17.9 Å². The first-order chi connectivity index (χ1) is 9.10. The standard InChI is InChI=1S/C13H22N4O2/c1-2-17-7-10(16-8-17)6-15-13(19)9-3-4-12(18)11(14)5-9/h7-9,11-12,18H,2-6,14H2,1H3,(H,15,19)/t9-,11+,12+/m0/s1. The monoisotopic (exact) mass is 266 g/mol. The van der Waals surface area contributed by atoms with Crippen molar-refractivity contribution < 1.29 is 9.90 Å². The topological polar surface area (TPSA) is 93.2 Å². The lowest BCUT2D eigenvalue weighted by Crippen LogP contribution is -2.44. The maximum absolute atomic E-state index is 12.0. The molecule has 0 radical (unpaired) electrons. The number of nitrogens with zero attached hydrogens (tertiary/aromatic N) is 2. The van der Waals surface area contributed by atoms with Crippen LogP contribution < -0.4 is 11.1 Å². The minimum Gasteiger partial charge on any atom is -0.392 e. The average Bonchev–Trinajstić information content (AvgIpc) is 2.87. The molecular weight excluding hydrogens is 244 g/mol. The first-order valence-corrected chi connectivity index (χ1v) is 6.82. The largest absolute Gasteiger partial charge is 0.392 e. The highest BCUT2D eigenvalue weighted by Gasteiger charge is 2.30. The number of aliphatic hydroxyl groups is 1. The molecule has 1 fully saturated rings. The molecule has 0 unspecified atom stereocenters. The van der Waals surface area contributed by atoms with E-state index in [4.69, 9.17) is 5.73 Å². The van der Waals surface area contributed by atoms with Crippen LogP contribution in [0.5, 0.6) is 0 Å². The molecule has 3 atom stereocenters. The highest BCUT2D eigenvalue weighted by molar-refractivity contribution is 5.78. The molecule has 1 amide bonds. The Morgan fingerprint density at radius 1 is 1.63 bits per heavy atom. The number of aliphatic hydroxyl groups excluding tert-OH is 1. The van der Waals surface area contributed by atoms with Crippen LogP contribution in [0.25, 0.3) is 0 Å². The lowest BCUT2D eigenvalue weighted by atomic mass is 9.84. The number of aromatic nitrogens is 2. The summed E-state index contributed by atoms with van der Waals surface area (Å²) in [6.07, 6.45) is 5.07. The van der Waals surface area contributed by atoms with Crippen molar-refractivity contribution >= 4 is 5.91 Å². The molecular formula is C13H22N4O2. The van der Waals surface area contributed by atoms with Crippen LogP contribution in [0.2, 0.25) is 0 Å². The van der Waals surface area contributed by atoms with Crippen molar-refractivity contribution in [1.29, 1.82) is 0 Å². The van der Waals surface area contributed by atoms with Crippen molar-refractivity contribution in [2.75, 3.05) is 0 Å². The molecule has 106 valence electrons. The molecule has 1 aromatic rings. The molecule has 1 heterocycles. The predicted molar refractivity (Wildman–Crippen MR) is 71.1 cm³/mol. The van der Waals surface area contributed by atoms with E-state index in [1.165, 1.54) is 0 Å². The minimum atomic E-state index is -0.468. The highest BCUT2D eigenvalue weighted by Crippen LogP contribution is 2.23. The van der Waals surface area contributed by atoms with Crippen LogP contribution in [0.3, 0.4) is 0 Å². The maximum Gasteiger partial charge on any atom is 0.223 e. The summed E-state index contributed by atoms with van der Waals surface area (Å²) in [5.74, 6) is -0.0833. The van der Waals surface area contributed by atoms with Gasteiger partial charge >= 0.3 is 0 Å². The smallest absolute Gasteiger partial charge is 0.223 e. The number of imidazole rings is 1. The van der Waals surface area contributed by atoms with E-state index in [9.17, 15) is 9.90 Å². The van der Waals surface area contributed by atoms with Crippen molar-refractivity contribution in [1.82, 2.24) is 14.9 Å². The van der Waals surface area contributed by atoms with Crippen LogP contribution in [0, 0.1) is 5.92 Å². The van der Waals surface area contributed by atoms with Crippen LogP contribution in [0.15, 0.2) is 12.5 Å². The molecule has 1 aromatic heterocycles. The summed E-state index contributed by atoms with van der Waals surface area (Å²) in [5, 5.41) is 12.4. The van der Waals surface area contributed by atoms with Crippen molar-refractivity contribution in [3.8, 4) is 0 Å². The van der Waals surface area contributed by atoms with Gasteiger partial charge in [-0.2, -0.15) is 0 Å². The molecule has 1 aliphatic rings. The van der Waals surface area contributed by atoms with Crippen LogP contribution >= 0.6 is 0 Å². The fourth-order valence-electron chi connectivity index (χ4n) is 2.42. The van der Waals surface area contributed by atoms with Gasteiger partial charge in [-0.1, -0.05) is 0 Å². The second-order valence-corrected chi connectivity index (χ2v) is 5.15. The van der Waals surface area contributed by atoms with Crippen LogP contribution in [0.4, 0.5) is 0 Å². The van der Waals surface area contributed by atoms with Gasteiger partial charge in [-0.15, -0.1) is 0 Å². The van der Waals surface area contributed by atoms with E-state index in [1.54, 1.807) is 6.33 Å². The quantitative estimate of drug-likeness (QED) is 0.715. The molecule has 19 heavy (non-hydrogen) atoms. The van der Waals surface area contributed by atoms with Gasteiger partial charge in [-0.3, -0.25) is 4.79 Å². The van der Waals surface area contributed by atoms with Gasteiger partial charge in [0.1, 0.15) is 0 Å². The zero-order valence-electron chi connectivity index (χ0n) is 11.2. The van der Waals surface area contributed by atoms with Gasteiger partial charge in [-0.25, -0.2) is 4.98 Å². The van der Waals surface area contributed by atoms with Gasteiger partial charge in [0.05, 0.1) is 24.7 Å². The number of carbonyl (C=O) groups excluding carboxylic acids is 1. The summed E-state index contributed by atoms with van der Waals surface area (Å²) in [5.41, 5.74) is 6.65. The molecule has 0 bridgehead atoms.